The number of nitrogens with zero attached hydrogens (tertiary/aromatic N) is 5. The van der Waals surface area contributed by atoms with E-state index in [0.29, 0.717) is 18.5 Å². The molecule has 2 aliphatic heterocycles. The molecule has 0 saturated carbocycles. The molecule has 2 aromatic heterocycles. The van der Waals surface area contributed by atoms with Crippen LogP contribution in [0.15, 0.2) is 23.1 Å². The van der Waals surface area contributed by atoms with Crippen molar-refractivity contribution in [3.8, 4) is 0 Å². The summed E-state index contributed by atoms with van der Waals surface area (Å²) in [7, 11) is -0.554. The molecular weight excluding hydrogens is 416 g/mol. The van der Waals surface area contributed by atoms with Crippen LogP contribution in [0.3, 0.4) is 0 Å². The van der Waals surface area contributed by atoms with Gasteiger partial charge >= 0.3 is 0 Å². The minimum Gasteiger partial charge on any atom is -0.310 e. The first-order valence-corrected chi connectivity index (χ1v) is 12.1. The van der Waals surface area contributed by atoms with Gasteiger partial charge in [0.25, 0.3) is 15.8 Å². The van der Waals surface area contributed by atoms with Crippen molar-refractivity contribution in [1.82, 2.24) is 28.5 Å². The van der Waals surface area contributed by atoms with Crippen LogP contribution >= 0.6 is 0 Å². The number of nitrogens with one attached hydrogen (secondary N) is 1. The second kappa shape index (κ2) is 8.78. The molecule has 0 aromatic carbocycles. The average molecular weight is 447 g/mol. The molecule has 2 aromatic rings. The number of piperidine rings is 1. The van der Waals surface area contributed by atoms with Crippen LogP contribution in [-0.4, -0.2) is 70.6 Å². The van der Waals surface area contributed by atoms with Gasteiger partial charge in [0, 0.05) is 52.3 Å². The summed E-state index contributed by atoms with van der Waals surface area (Å²) in [5, 5.41) is 0. The molecule has 1 N–H and O–H groups in total. The zero-order valence-corrected chi connectivity index (χ0v) is 19.2. The summed E-state index contributed by atoms with van der Waals surface area (Å²) >= 11 is 0. The zero-order chi connectivity index (χ0) is 22.2. The topological polar surface area (TPSA) is 102 Å². The summed E-state index contributed by atoms with van der Waals surface area (Å²) in [6.07, 6.45) is 4.14. The van der Waals surface area contributed by atoms with Crippen molar-refractivity contribution in [3.05, 3.63) is 57.0 Å². The molecule has 9 nitrogen and oxygen atoms in total. The van der Waals surface area contributed by atoms with Gasteiger partial charge in [-0.2, -0.15) is 17.0 Å². The van der Waals surface area contributed by atoms with E-state index >= 15 is 0 Å². The van der Waals surface area contributed by atoms with Crippen molar-refractivity contribution in [3.63, 3.8) is 0 Å². The third kappa shape index (κ3) is 4.57. The lowest BCUT2D eigenvalue weighted by atomic mass is 9.95. The maximum Gasteiger partial charge on any atom is 0.281 e. The van der Waals surface area contributed by atoms with E-state index in [2.05, 4.69) is 27.9 Å². The van der Waals surface area contributed by atoms with Crippen molar-refractivity contribution < 1.29 is 8.42 Å². The van der Waals surface area contributed by atoms with Crippen molar-refractivity contribution in [1.29, 1.82) is 0 Å². The highest BCUT2D eigenvalue weighted by molar-refractivity contribution is 7.86. The molecular formula is C21H30N6O3S. The summed E-state index contributed by atoms with van der Waals surface area (Å²) in [4.78, 5) is 27.4. The summed E-state index contributed by atoms with van der Waals surface area (Å²) < 4.78 is 27.3. The summed E-state index contributed by atoms with van der Waals surface area (Å²) in [6, 6.07) is 4.04. The van der Waals surface area contributed by atoms with Crippen molar-refractivity contribution >= 4 is 10.2 Å². The molecule has 0 bridgehead atoms. The fourth-order valence-corrected chi connectivity index (χ4v) is 5.38. The maximum absolute atomic E-state index is 12.8. The highest BCUT2D eigenvalue weighted by atomic mass is 32.2. The fourth-order valence-electron chi connectivity index (χ4n) is 4.30. The molecule has 0 aliphatic carbocycles. The molecule has 2 aliphatic rings. The largest absolute Gasteiger partial charge is 0.310 e. The number of hydrogen-bond acceptors (Lipinski definition) is 6. The van der Waals surface area contributed by atoms with Gasteiger partial charge in [0.15, 0.2) is 0 Å². The number of H-pyrrole nitrogens is 1. The molecule has 0 radical (unpaired) electrons. The number of rotatable bonds is 5. The van der Waals surface area contributed by atoms with E-state index in [9.17, 15) is 13.2 Å². The Morgan fingerprint density at radius 3 is 2.65 bits per heavy atom. The first kappa shape index (κ1) is 22.1. The Morgan fingerprint density at radius 1 is 1.23 bits per heavy atom. The van der Waals surface area contributed by atoms with Gasteiger partial charge in [0.2, 0.25) is 0 Å². The third-order valence-corrected chi connectivity index (χ3v) is 8.19. The standard InChI is InChI=1S/C21H30N6O3S/c1-15-5-4-9-22-19(15)14-26-10-6-16(7-11-26)20-23-18-8-12-27(31(29,30)25(2)3)13-17(18)21(28)24-20/h4-5,9,16H,6-8,10-14H2,1-3H3,(H,23,24,28). The van der Waals surface area contributed by atoms with Gasteiger partial charge in [0.05, 0.1) is 17.0 Å². The van der Waals surface area contributed by atoms with E-state index in [1.54, 1.807) is 0 Å². The first-order chi connectivity index (χ1) is 14.8. The van der Waals surface area contributed by atoms with Crippen LogP contribution in [0.1, 0.15) is 47.1 Å². The number of hydrogen-bond donors (Lipinski definition) is 1. The lowest BCUT2D eigenvalue weighted by Crippen LogP contribution is -2.45. The Balaban J connectivity index is 1.44. The van der Waals surface area contributed by atoms with Gasteiger partial charge in [-0.25, -0.2) is 4.98 Å². The van der Waals surface area contributed by atoms with Crippen LogP contribution in [0.5, 0.6) is 0 Å². The van der Waals surface area contributed by atoms with Crippen LogP contribution in [0.4, 0.5) is 0 Å². The highest BCUT2D eigenvalue weighted by Crippen LogP contribution is 2.27. The monoisotopic (exact) mass is 446 g/mol. The van der Waals surface area contributed by atoms with Gasteiger partial charge in [0.1, 0.15) is 5.82 Å². The molecule has 1 fully saturated rings. The van der Waals surface area contributed by atoms with Crippen LogP contribution in [0.25, 0.3) is 0 Å². The number of pyridine rings is 1. The molecule has 4 rings (SSSR count). The van der Waals surface area contributed by atoms with E-state index in [1.807, 2.05) is 12.3 Å². The number of likely N-dealkylation sites (tertiary alicyclic amines) is 1. The number of aromatic nitrogens is 3. The lowest BCUT2D eigenvalue weighted by molar-refractivity contribution is 0.199. The smallest absolute Gasteiger partial charge is 0.281 e. The van der Waals surface area contributed by atoms with E-state index in [1.165, 1.54) is 28.3 Å². The third-order valence-electron chi connectivity index (χ3n) is 6.31. The molecule has 0 atom stereocenters. The lowest BCUT2D eigenvalue weighted by Gasteiger charge is -2.32. The quantitative estimate of drug-likeness (QED) is 0.736. The highest BCUT2D eigenvalue weighted by Gasteiger charge is 2.32. The molecule has 0 spiro atoms. The average Bonchev–Trinajstić information content (AvgIpc) is 2.75. The van der Waals surface area contributed by atoms with Crippen LogP contribution in [0.2, 0.25) is 0 Å². The van der Waals surface area contributed by atoms with Crippen molar-refractivity contribution in [2.75, 3.05) is 33.7 Å². The van der Waals surface area contributed by atoms with Gasteiger partial charge in [-0.1, -0.05) is 6.07 Å². The molecule has 4 heterocycles. The van der Waals surface area contributed by atoms with E-state index in [4.69, 9.17) is 4.98 Å². The zero-order valence-electron chi connectivity index (χ0n) is 18.3. The minimum atomic E-state index is -3.55. The molecule has 0 amide bonds. The molecule has 31 heavy (non-hydrogen) atoms. The summed E-state index contributed by atoms with van der Waals surface area (Å²) in [5.74, 6) is 0.948. The molecule has 168 valence electrons. The Bertz CT molecular complexity index is 1110. The Labute approximate surface area is 183 Å². The predicted molar refractivity (Wildman–Crippen MR) is 118 cm³/mol. The normalized spacial score (nSPS) is 19.0. The first-order valence-electron chi connectivity index (χ1n) is 10.7. The number of aryl methyl sites for hydroxylation is 1. The van der Waals surface area contributed by atoms with Crippen molar-refractivity contribution in [2.24, 2.45) is 0 Å². The van der Waals surface area contributed by atoms with Crippen LogP contribution < -0.4 is 5.56 Å². The van der Waals surface area contributed by atoms with Gasteiger partial charge < -0.3 is 4.98 Å². The SMILES string of the molecule is Cc1cccnc1CN1CCC(c2nc3c(c(=O)[nH]2)CN(S(=O)(=O)N(C)C)CC3)CC1. The minimum absolute atomic E-state index is 0.0698. The van der Waals surface area contributed by atoms with Gasteiger partial charge in [-0.15, -0.1) is 0 Å². The van der Waals surface area contributed by atoms with Crippen LogP contribution in [-0.2, 0) is 29.7 Å². The fraction of sp³-hybridized carbons (Fsp3) is 0.571. The summed E-state index contributed by atoms with van der Waals surface area (Å²) in [6.45, 7) is 5.18. The molecule has 10 heteroatoms. The predicted octanol–water partition coefficient (Wildman–Crippen LogP) is 1.02. The van der Waals surface area contributed by atoms with E-state index < -0.39 is 10.2 Å². The van der Waals surface area contributed by atoms with E-state index in [-0.39, 0.29) is 18.0 Å². The van der Waals surface area contributed by atoms with Crippen LogP contribution in [0, 0.1) is 6.92 Å². The second-order valence-electron chi connectivity index (χ2n) is 8.57. The maximum atomic E-state index is 12.8. The Kier molecular flexibility index (Phi) is 6.25. The number of fused-ring (bicyclic) bond motifs is 1. The molecule has 0 unspecified atom stereocenters. The van der Waals surface area contributed by atoms with Gasteiger partial charge in [-0.3, -0.25) is 14.7 Å². The van der Waals surface area contributed by atoms with Crippen molar-refractivity contribution in [2.45, 2.75) is 45.2 Å². The molecule has 1 saturated heterocycles. The second-order valence-corrected chi connectivity index (χ2v) is 10.7. The van der Waals surface area contributed by atoms with E-state index in [0.717, 1.165) is 49.7 Å². The number of aromatic amines is 1. The summed E-state index contributed by atoms with van der Waals surface area (Å²) in [5.41, 5.74) is 3.29. The Morgan fingerprint density at radius 2 is 1.97 bits per heavy atom. The van der Waals surface area contributed by atoms with Gasteiger partial charge in [-0.05, 0) is 44.5 Å². The Hall–Kier alpha value is -2.14.